The fraction of sp³-hybridized carbons (Fsp3) is 0.714. The molecule has 2 heterocycles. The van der Waals surface area contributed by atoms with Crippen LogP contribution < -0.4 is 0 Å². The number of fused-ring (bicyclic) bond motifs is 2. The summed E-state index contributed by atoms with van der Waals surface area (Å²) in [6, 6.07) is -1.18. The Bertz CT molecular complexity index is 323. The van der Waals surface area contributed by atoms with E-state index in [9.17, 15) is 13.8 Å². The summed E-state index contributed by atoms with van der Waals surface area (Å²) in [5.74, 6) is 0. The van der Waals surface area contributed by atoms with Gasteiger partial charge in [-0.1, -0.05) is 0 Å². The molecule has 0 aliphatic carbocycles. The highest BCUT2D eigenvalue weighted by molar-refractivity contribution is 7.74. The molecule has 2 rings (SSSR count). The summed E-state index contributed by atoms with van der Waals surface area (Å²) in [5, 5.41) is 0.889. The lowest BCUT2D eigenvalue weighted by molar-refractivity contribution is -0.112. The van der Waals surface area contributed by atoms with Crippen molar-refractivity contribution in [3.8, 4) is 0 Å². The highest BCUT2D eigenvalue weighted by Gasteiger charge is 2.46. The second-order valence-corrected chi connectivity index (χ2v) is 4.07. The largest absolute Gasteiger partial charge is 0.346 e. The first-order valence-corrected chi connectivity index (χ1v) is 5.51. The van der Waals surface area contributed by atoms with Crippen molar-refractivity contribution in [2.45, 2.75) is 24.9 Å². The third kappa shape index (κ3) is 1.75. The van der Waals surface area contributed by atoms with E-state index in [0.29, 0.717) is 25.7 Å². The fourth-order valence-corrected chi connectivity index (χ4v) is 2.29. The molecule has 1 unspecified atom stereocenters. The van der Waals surface area contributed by atoms with Crippen molar-refractivity contribution < 1.29 is 22.6 Å². The third-order valence-corrected chi connectivity index (χ3v) is 2.96. The van der Waals surface area contributed by atoms with Crippen LogP contribution in [-0.2, 0) is 20.4 Å². The molecular weight excluding hydrogens is 224 g/mol. The second-order valence-electron chi connectivity index (χ2n) is 3.49. The first kappa shape index (κ1) is 10.5. The zero-order valence-electron chi connectivity index (χ0n) is 7.74. The molecule has 1 N–H and O–H groups in total. The number of carbonyl (C=O) groups is 2. The number of amides is 2. The van der Waals surface area contributed by atoms with Gasteiger partial charge in [0, 0.05) is 6.54 Å². The number of hydrogen-bond donors (Lipinski definition) is 1. The molecule has 3 atom stereocenters. The number of carbonyl (C=O) groups excluding carboxylic acids is 2. The van der Waals surface area contributed by atoms with Crippen LogP contribution in [0.4, 0.5) is 4.79 Å². The molecule has 2 bridgehead atoms. The van der Waals surface area contributed by atoms with Gasteiger partial charge < -0.3 is 9.69 Å². The SMILES string of the molecule is O=C[C@@H]1CC[C@@H]2CN1C(=O)N2OS(=O)O. The number of hydrogen-bond acceptors (Lipinski definition) is 4. The van der Waals surface area contributed by atoms with Gasteiger partial charge in [0.2, 0.25) is 0 Å². The van der Waals surface area contributed by atoms with Gasteiger partial charge in [0.15, 0.2) is 0 Å². The lowest BCUT2D eigenvalue weighted by Gasteiger charge is -2.25. The molecule has 0 radical (unpaired) electrons. The molecule has 0 aromatic rings. The minimum absolute atomic E-state index is 0.232. The van der Waals surface area contributed by atoms with E-state index in [2.05, 4.69) is 4.28 Å². The fourth-order valence-electron chi connectivity index (χ4n) is 1.97. The second kappa shape index (κ2) is 3.87. The topological polar surface area (TPSA) is 87.2 Å². The maximum absolute atomic E-state index is 11.6. The van der Waals surface area contributed by atoms with Crippen LogP contribution in [0.2, 0.25) is 0 Å². The van der Waals surface area contributed by atoms with Gasteiger partial charge in [0.05, 0.1) is 12.1 Å². The third-order valence-electron chi connectivity index (χ3n) is 2.67. The monoisotopic (exact) mass is 234 g/mol. The summed E-state index contributed by atoms with van der Waals surface area (Å²) in [7, 11) is 0. The van der Waals surface area contributed by atoms with Gasteiger partial charge in [-0.15, -0.1) is 4.28 Å². The smallest absolute Gasteiger partial charge is 0.311 e. The number of piperidine rings is 1. The van der Waals surface area contributed by atoms with E-state index in [-0.39, 0.29) is 6.04 Å². The Morgan fingerprint density at radius 2 is 2.27 bits per heavy atom. The summed E-state index contributed by atoms with van der Waals surface area (Å²) in [4.78, 5) is 23.6. The van der Waals surface area contributed by atoms with Crippen LogP contribution in [0.5, 0.6) is 0 Å². The van der Waals surface area contributed by atoms with Crippen LogP contribution in [0, 0.1) is 0 Å². The highest BCUT2D eigenvalue weighted by atomic mass is 32.2. The average molecular weight is 234 g/mol. The van der Waals surface area contributed by atoms with Crippen molar-refractivity contribution in [2.24, 2.45) is 0 Å². The van der Waals surface area contributed by atoms with Gasteiger partial charge in [-0.3, -0.25) is 4.55 Å². The molecule has 0 aromatic heterocycles. The van der Waals surface area contributed by atoms with Crippen molar-refractivity contribution in [3.05, 3.63) is 0 Å². The minimum Gasteiger partial charge on any atom is -0.311 e. The number of urea groups is 1. The highest BCUT2D eigenvalue weighted by Crippen LogP contribution is 2.29. The van der Waals surface area contributed by atoms with E-state index in [1.165, 1.54) is 4.90 Å². The van der Waals surface area contributed by atoms with Gasteiger partial charge in [-0.25, -0.2) is 4.79 Å². The first-order chi connectivity index (χ1) is 7.13. The Kier molecular flexibility index (Phi) is 2.72. The Hall–Kier alpha value is -0.990. The number of rotatable bonds is 3. The molecule has 8 heteroatoms. The van der Waals surface area contributed by atoms with Crippen molar-refractivity contribution >= 4 is 23.7 Å². The van der Waals surface area contributed by atoms with Crippen LogP contribution in [0.3, 0.4) is 0 Å². The summed E-state index contributed by atoms with van der Waals surface area (Å²) in [5.41, 5.74) is 0. The molecule has 0 aromatic carbocycles. The van der Waals surface area contributed by atoms with Gasteiger partial charge >= 0.3 is 17.4 Å². The molecule has 2 fully saturated rings. The predicted molar refractivity (Wildman–Crippen MR) is 48.7 cm³/mol. The molecule has 84 valence electrons. The van der Waals surface area contributed by atoms with Gasteiger partial charge in [-0.05, 0) is 12.8 Å². The number of hydroxylamine groups is 2. The molecular formula is C7H10N2O5S. The molecule has 7 nitrogen and oxygen atoms in total. The predicted octanol–water partition coefficient (Wildman–Crippen LogP) is -0.478. The maximum atomic E-state index is 11.6. The first-order valence-electron chi connectivity index (χ1n) is 4.48. The van der Waals surface area contributed by atoms with E-state index in [1.54, 1.807) is 0 Å². The molecule has 2 saturated heterocycles. The molecule has 0 saturated carbocycles. The Morgan fingerprint density at radius 1 is 1.53 bits per heavy atom. The molecule has 0 spiro atoms. The Labute approximate surface area is 88.4 Å². The van der Waals surface area contributed by atoms with E-state index in [4.69, 9.17) is 4.55 Å². The average Bonchev–Trinajstić information content (AvgIpc) is 2.44. The maximum Gasteiger partial charge on any atom is 0.346 e. The zero-order valence-corrected chi connectivity index (χ0v) is 8.55. The summed E-state index contributed by atoms with van der Waals surface area (Å²) in [6.07, 6.45) is 1.88. The molecule has 15 heavy (non-hydrogen) atoms. The van der Waals surface area contributed by atoms with Crippen molar-refractivity contribution in [1.29, 1.82) is 0 Å². The van der Waals surface area contributed by atoms with Crippen molar-refractivity contribution in [3.63, 3.8) is 0 Å². The van der Waals surface area contributed by atoms with E-state index in [0.717, 1.165) is 5.06 Å². The standard InChI is InChI=1S/C7H10N2O5S/c10-4-6-2-1-5-3-8(6)7(11)9(5)14-15(12)13/h4-6H,1-3H2,(H,12,13)/t5-,6+/m1/s1. The lowest BCUT2D eigenvalue weighted by Crippen LogP contribution is -2.40. The van der Waals surface area contributed by atoms with Gasteiger partial charge in [0.25, 0.3) is 0 Å². The van der Waals surface area contributed by atoms with Crippen LogP contribution in [0.15, 0.2) is 0 Å². The van der Waals surface area contributed by atoms with Gasteiger partial charge in [0.1, 0.15) is 6.29 Å². The van der Waals surface area contributed by atoms with E-state index in [1.807, 2.05) is 0 Å². The van der Waals surface area contributed by atoms with Gasteiger partial charge in [-0.2, -0.15) is 9.27 Å². The van der Waals surface area contributed by atoms with Crippen molar-refractivity contribution in [1.82, 2.24) is 9.96 Å². The molecule has 2 amide bonds. The Morgan fingerprint density at radius 3 is 2.87 bits per heavy atom. The number of nitrogens with zero attached hydrogens (tertiary/aromatic N) is 2. The van der Waals surface area contributed by atoms with E-state index >= 15 is 0 Å². The summed E-state index contributed by atoms with van der Waals surface area (Å²) >= 11 is -2.51. The van der Waals surface area contributed by atoms with Crippen LogP contribution in [0.1, 0.15) is 12.8 Å². The summed E-state index contributed by atoms with van der Waals surface area (Å²) < 4.78 is 23.5. The van der Waals surface area contributed by atoms with E-state index < -0.39 is 23.4 Å². The summed E-state index contributed by atoms with van der Waals surface area (Å²) in [6.45, 7) is 0.374. The lowest BCUT2D eigenvalue weighted by atomic mass is 10.0. The number of aldehydes is 1. The Balaban J connectivity index is 2.14. The quantitative estimate of drug-likeness (QED) is 0.526. The molecule has 2 aliphatic rings. The van der Waals surface area contributed by atoms with Crippen LogP contribution in [0.25, 0.3) is 0 Å². The zero-order chi connectivity index (χ0) is 11.0. The molecule has 2 aliphatic heterocycles. The van der Waals surface area contributed by atoms with Crippen molar-refractivity contribution in [2.75, 3.05) is 6.54 Å². The normalized spacial score (nSPS) is 31.9. The van der Waals surface area contributed by atoms with Crippen LogP contribution >= 0.6 is 0 Å². The minimum atomic E-state index is -2.51. The van der Waals surface area contributed by atoms with Crippen LogP contribution in [-0.4, -0.2) is 49.7 Å².